The molecular weight excluding hydrogens is 270 g/mol. The number of carbonyl (C=O) groups excluding carboxylic acids is 1. The summed E-state index contributed by atoms with van der Waals surface area (Å²) in [6.07, 6.45) is 2.16. The van der Waals surface area contributed by atoms with Crippen LogP contribution in [0.5, 0.6) is 11.5 Å². The van der Waals surface area contributed by atoms with Crippen LogP contribution in [-0.2, 0) is 4.79 Å². The molecule has 1 saturated carbocycles. The number of benzene rings is 1. The zero-order valence-electron chi connectivity index (χ0n) is 12.2. The van der Waals surface area contributed by atoms with Crippen molar-refractivity contribution in [3.63, 3.8) is 0 Å². The van der Waals surface area contributed by atoms with Crippen molar-refractivity contribution in [1.29, 1.82) is 0 Å². The highest BCUT2D eigenvalue weighted by Gasteiger charge is 2.53. The summed E-state index contributed by atoms with van der Waals surface area (Å²) in [4.78, 5) is 13.7. The van der Waals surface area contributed by atoms with Gasteiger partial charge >= 0.3 is 0 Å². The van der Waals surface area contributed by atoms with Crippen molar-refractivity contribution in [2.24, 2.45) is 5.92 Å². The first-order chi connectivity index (χ1) is 10.1. The molecule has 0 aromatic heterocycles. The van der Waals surface area contributed by atoms with Crippen LogP contribution in [0.2, 0.25) is 0 Å². The first-order valence-electron chi connectivity index (χ1n) is 7.47. The molecule has 1 aliphatic carbocycles. The van der Waals surface area contributed by atoms with Crippen molar-refractivity contribution in [2.45, 2.75) is 25.4 Å². The van der Waals surface area contributed by atoms with Crippen LogP contribution in [0.4, 0.5) is 0 Å². The van der Waals surface area contributed by atoms with E-state index in [0.29, 0.717) is 37.1 Å². The van der Waals surface area contributed by atoms with E-state index in [0.717, 1.165) is 12.8 Å². The van der Waals surface area contributed by atoms with Crippen LogP contribution >= 0.6 is 0 Å². The summed E-state index contributed by atoms with van der Waals surface area (Å²) >= 11 is 0. The number of nitrogens with zero attached hydrogens (tertiary/aromatic N) is 1. The van der Waals surface area contributed by atoms with E-state index in [4.69, 9.17) is 9.47 Å². The number of rotatable bonds is 6. The highest BCUT2D eigenvalue weighted by Crippen LogP contribution is 2.44. The van der Waals surface area contributed by atoms with E-state index in [-0.39, 0.29) is 12.5 Å². The standard InChI is InChI=1S/C16H21NO4/c1-2-20-13-5-3-4-6-14(13)21-9-15(18)17-10-16(19,11-17)12-7-8-12/h3-6,12,19H,2,7-11H2,1H3. The minimum Gasteiger partial charge on any atom is -0.490 e. The molecule has 3 rings (SSSR count). The smallest absolute Gasteiger partial charge is 0.260 e. The Morgan fingerprint density at radius 2 is 1.90 bits per heavy atom. The van der Waals surface area contributed by atoms with Gasteiger partial charge in [-0.15, -0.1) is 0 Å². The molecule has 0 radical (unpaired) electrons. The Morgan fingerprint density at radius 1 is 1.29 bits per heavy atom. The summed E-state index contributed by atoms with van der Waals surface area (Å²) in [7, 11) is 0. The fraction of sp³-hybridized carbons (Fsp3) is 0.562. The molecule has 2 fully saturated rings. The molecule has 5 heteroatoms. The van der Waals surface area contributed by atoms with Gasteiger partial charge in [-0.25, -0.2) is 0 Å². The minimum atomic E-state index is -0.640. The second kappa shape index (κ2) is 5.56. The Balaban J connectivity index is 1.50. The van der Waals surface area contributed by atoms with Gasteiger partial charge in [0.05, 0.1) is 19.7 Å². The monoisotopic (exact) mass is 291 g/mol. The third-order valence-electron chi connectivity index (χ3n) is 4.12. The van der Waals surface area contributed by atoms with Gasteiger partial charge in [-0.2, -0.15) is 0 Å². The molecule has 0 bridgehead atoms. The van der Waals surface area contributed by atoms with Crippen LogP contribution in [0.15, 0.2) is 24.3 Å². The number of hydrogen-bond acceptors (Lipinski definition) is 4. The topological polar surface area (TPSA) is 59.0 Å². The van der Waals surface area contributed by atoms with Gasteiger partial charge < -0.3 is 19.5 Å². The van der Waals surface area contributed by atoms with Crippen LogP contribution in [0, 0.1) is 5.92 Å². The molecule has 0 spiro atoms. The van der Waals surface area contributed by atoms with Crippen LogP contribution in [-0.4, -0.2) is 47.8 Å². The van der Waals surface area contributed by atoms with Crippen molar-refractivity contribution in [3.8, 4) is 11.5 Å². The Hall–Kier alpha value is -1.75. The van der Waals surface area contributed by atoms with Crippen LogP contribution in [0.1, 0.15) is 19.8 Å². The number of aliphatic hydroxyl groups is 1. The van der Waals surface area contributed by atoms with Gasteiger partial charge in [-0.3, -0.25) is 4.79 Å². The predicted octanol–water partition coefficient (Wildman–Crippen LogP) is 1.45. The van der Waals surface area contributed by atoms with Gasteiger partial charge in [-0.05, 0) is 37.8 Å². The molecule has 0 unspecified atom stereocenters. The van der Waals surface area contributed by atoms with E-state index in [9.17, 15) is 9.90 Å². The molecule has 1 amide bonds. The lowest BCUT2D eigenvalue weighted by Gasteiger charge is -2.46. The summed E-state index contributed by atoms with van der Waals surface area (Å²) in [5.41, 5.74) is -0.640. The highest BCUT2D eigenvalue weighted by atomic mass is 16.5. The maximum absolute atomic E-state index is 12.0. The number of para-hydroxylation sites is 2. The van der Waals surface area contributed by atoms with E-state index in [1.807, 2.05) is 25.1 Å². The first-order valence-corrected chi connectivity index (χ1v) is 7.47. The summed E-state index contributed by atoms with van der Waals surface area (Å²) in [6.45, 7) is 3.31. The minimum absolute atomic E-state index is 0.0230. The van der Waals surface area contributed by atoms with E-state index in [1.54, 1.807) is 11.0 Å². The fourth-order valence-electron chi connectivity index (χ4n) is 2.74. The van der Waals surface area contributed by atoms with Crippen molar-refractivity contribution in [1.82, 2.24) is 4.90 Å². The van der Waals surface area contributed by atoms with Gasteiger partial charge in [-0.1, -0.05) is 12.1 Å². The molecular formula is C16H21NO4. The lowest BCUT2D eigenvalue weighted by Crippen LogP contribution is -2.65. The Bertz CT molecular complexity index is 521. The maximum Gasteiger partial charge on any atom is 0.260 e. The molecule has 1 saturated heterocycles. The van der Waals surface area contributed by atoms with Crippen molar-refractivity contribution in [2.75, 3.05) is 26.3 Å². The predicted molar refractivity (Wildman–Crippen MR) is 77.4 cm³/mol. The van der Waals surface area contributed by atoms with Gasteiger partial charge in [0.1, 0.15) is 5.60 Å². The van der Waals surface area contributed by atoms with Crippen LogP contribution < -0.4 is 9.47 Å². The van der Waals surface area contributed by atoms with Crippen molar-refractivity contribution in [3.05, 3.63) is 24.3 Å². The van der Waals surface area contributed by atoms with Gasteiger partial charge in [0.2, 0.25) is 0 Å². The second-order valence-corrected chi connectivity index (χ2v) is 5.80. The third kappa shape index (κ3) is 2.97. The largest absolute Gasteiger partial charge is 0.490 e. The summed E-state index contributed by atoms with van der Waals surface area (Å²) in [5.74, 6) is 1.52. The zero-order valence-corrected chi connectivity index (χ0v) is 12.2. The molecule has 0 atom stereocenters. The second-order valence-electron chi connectivity index (χ2n) is 5.80. The van der Waals surface area contributed by atoms with E-state index in [1.165, 1.54) is 0 Å². The Morgan fingerprint density at radius 3 is 2.48 bits per heavy atom. The number of carbonyl (C=O) groups is 1. The van der Waals surface area contributed by atoms with Crippen molar-refractivity contribution >= 4 is 5.91 Å². The Labute approximate surface area is 124 Å². The van der Waals surface area contributed by atoms with E-state index < -0.39 is 5.60 Å². The third-order valence-corrected chi connectivity index (χ3v) is 4.12. The number of hydrogen-bond donors (Lipinski definition) is 1. The molecule has 114 valence electrons. The molecule has 5 nitrogen and oxygen atoms in total. The molecule has 1 heterocycles. The lowest BCUT2D eigenvalue weighted by molar-refractivity contribution is -0.161. The van der Waals surface area contributed by atoms with E-state index >= 15 is 0 Å². The number of β-amino-alcohol motifs (C(OH)–C–C–N with tert-alkyl or cyclic N) is 1. The van der Waals surface area contributed by atoms with E-state index in [2.05, 4.69) is 0 Å². The van der Waals surface area contributed by atoms with Crippen molar-refractivity contribution < 1.29 is 19.4 Å². The zero-order chi connectivity index (χ0) is 14.9. The first kappa shape index (κ1) is 14.2. The van der Waals surface area contributed by atoms with Gasteiger partial charge in [0.25, 0.3) is 5.91 Å². The molecule has 21 heavy (non-hydrogen) atoms. The highest BCUT2D eigenvalue weighted by molar-refractivity contribution is 5.79. The SMILES string of the molecule is CCOc1ccccc1OCC(=O)N1CC(O)(C2CC2)C1. The average Bonchev–Trinajstić information content (AvgIpc) is 3.28. The fourth-order valence-corrected chi connectivity index (χ4v) is 2.74. The van der Waals surface area contributed by atoms with Crippen LogP contribution in [0.3, 0.4) is 0 Å². The van der Waals surface area contributed by atoms with Gasteiger partial charge in [0, 0.05) is 0 Å². The molecule has 1 N–H and O–H groups in total. The molecule has 1 aliphatic heterocycles. The quantitative estimate of drug-likeness (QED) is 0.862. The van der Waals surface area contributed by atoms with Gasteiger partial charge in [0.15, 0.2) is 18.1 Å². The molecule has 1 aromatic rings. The number of likely N-dealkylation sites (tertiary alicyclic amines) is 1. The number of ether oxygens (including phenoxy) is 2. The molecule has 1 aromatic carbocycles. The lowest BCUT2D eigenvalue weighted by atomic mass is 9.89. The Kier molecular flexibility index (Phi) is 3.76. The van der Waals surface area contributed by atoms with Crippen LogP contribution in [0.25, 0.3) is 0 Å². The number of amides is 1. The summed E-state index contributed by atoms with van der Waals surface area (Å²) in [6, 6.07) is 7.32. The summed E-state index contributed by atoms with van der Waals surface area (Å²) < 4.78 is 11.0. The normalized spacial score (nSPS) is 19.8. The average molecular weight is 291 g/mol. The maximum atomic E-state index is 12.0. The summed E-state index contributed by atoms with van der Waals surface area (Å²) in [5, 5.41) is 10.2. The molecule has 2 aliphatic rings.